The second-order valence-electron chi connectivity index (χ2n) is 12.1. The number of allylic oxidation sites excluding steroid dienone is 1. The van der Waals surface area contributed by atoms with Crippen LogP contribution in [0, 0.1) is 12.7 Å². The molecule has 1 atom stereocenters. The lowest BCUT2D eigenvalue weighted by atomic mass is 9.98. The number of hydrogen-bond donors (Lipinski definition) is 2. The van der Waals surface area contributed by atoms with Gasteiger partial charge in [0.2, 0.25) is 0 Å². The molecule has 0 radical (unpaired) electrons. The topological polar surface area (TPSA) is 39.8 Å². The van der Waals surface area contributed by atoms with E-state index in [0.29, 0.717) is 25.2 Å². The van der Waals surface area contributed by atoms with Crippen LogP contribution in [0.2, 0.25) is 0 Å². The van der Waals surface area contributed by atoms with Crippen molar-refractivity contribution in [3.8, 4) is 0 Å². The van der Waals surface area contributed by atoms with Gasteiger partial charge in [-0.05, 0) is 84.9 Å². The highest BCUT2D eigenvalue weighted by atomic mass is 19.1. The van der Waals surface area contributed by atoms with E-state index in [1.54, 1.807) is 0 Å². The van der Waals surface area contributed by atoms with Crippen LogP contribution in [0.1, 0.15) is 62.8 Å². The molecule has 41 heavy (non-hydrogen) atoms. The predicted molar refractivity (Wildman–Crippen MR) is 174 cm³/mol. The smallest absolute Gasteiger partial charge is 0.132 e. The lowest BCUT2D eigenvalue weighted by Crippen LogP contribution is -2.56. The first-order chi connectivity index (χ1) is 19.4. The molecule has 5 nitrogen and oxygen atoms in total. The Bertz CT molecular complexity index is 1130. The molecule has 0 aliphatic carbocycles. The van der Waals surface area contributed by atoms with Crippen molar-refractivity contribution in [1.29, 1.82) is 0 Å². The largest absolute Gasteiger partial charge is 0.381 e. The molecule has 1 saturated heterocycles. The van der Waals surface area contributed by atoms with Crippen LogP contribution >= 0.6 is 0 Å². The summed E-state index contributed by atoms with van der Waals surface area (Å²) in [5.41, 5.74) is 4.20. The first kappa shape index (κ1) is 34.3. The van der Waals surface area contributed by atoms with E-state index in [4.69, 9.17) is 4.74 Å². The molecule has 0 saturated carbocycles. The highest BCUT2D eigenvalue weighted by Crippen LogP contribution is 2.30. The van der Waals surface area contributed by atoms with E-state index in [-0.39, 0.29) is 23.1 Å². The first-order valence-electron chi connectivity index (χ1n) is 14.6. The highest BCUT2D eigenvalue weighted by molar-refractivity contribution is 5.55. The van der Waals surface area contributed by atoms with Gasteiger partial charge in [-0.2, -0.15) is 0 Å². The maximum Gasteiger partial charge on any atom is 0.132 e. The number of morpholine rings is 1. The van der Waals surface area contributed by atoms with Crippen LogP contribution in [0.25, 0.3) is 0 Å². The molecule has 1 unspecified atom stereocenters. The summed E-state index contributed by atoms with van der Waals surface area (Å²) in [7, 11) is 3.75. The fraction of sp³-hybridized carbons (Fsp3) is 0.486. The molecule has 1 heterocycles. The number of rotatable bonds is 13. The molecule has 0 aromatic heterocycles. The van der Waals surface area contributed by atoms with Crippen LogP contribution < -0.4 is 10.6 Å². The van der Waals surface area contributed by atoms with Crippen LogP contribution in [-0.2, 0) is 24.4 Å². The zero-order valence-corrected chi connectivity index (χ0v) is 26.5. The van der Waals surface area contributed by atoms with Gasteiger partial charge in [-0.1, -0.05) is 49.1 Å². The van der Waals surface area contributed by atoms with E-state index in [2.05, 4.69) is 86.9 Å². The number of nitrogens with one attached hydrogen (secondary N) is 2. The Kier molecular flexibility index (Phi) is 13.3. The summed E-state index contributed by atoms with van der Waals surface area (Å²) >= 11 is 0. The Morgan fingerprint density at radius 1 is 1.02 bits per heavy atom. The van der Waals surface area contributed by atoms with Gasteiger partial charge in [-0.25, -0.2) is 4.39 Å². The van der Waals surface area contributed by atoms with E-state index in [1.165, 1.54) is 11.1 Å². The fourth-order valence-electron chi connectivity index (χ4n) is 5.67. The molecule has 226 valence electrons. The van der Waals surface area contributed by atoms with Crippen molar-refractivity contribution in [2.45, 2.75) is 84.3 Å². The van der Waals surface area contributed by atoms with Gasteiger partial charge >= 0.3 is 0 Å². The van der Waals surface area contributed by atoms with Gasteiger partial charge < -0.3 is 20.3 Å². The van der Waals surface area contributed by atoms with Gasteiger partial charge in [0.05, 0.1) is 11.2 Å². The van der Waals surface area contributed by atoms with Crippen molar-refractivity contribution >= 4 is 5.69 Å². The summed E-state index contributed by atoms with van der Waals surface area (Å²) in [6, 6.07) is 12.1. The maximum absolute atomic E-state index is 15.7. The lowest BCUT2D eigenvalue weighted by Gasteiger charge is -2.47. The van der Waals surface area contributed by atoms with Crippen LogP contribution in [0.3, 0.4) is 0 Å². The van der Waals surface area contributed by atoms with Gasteiger partial charge in [-0.15, -0.1) is 13.2 Å². The minimum atomic E-state index is -0.269. The number of anilines is 1. The molecule has 2 N–H and O–H groups in total. The molecule has 0 spiro atoms. The summed E-state index contributed by atoms with van der Waals surface area (Å²) in [6.45, 7) is 25.6. The van der Waals surface area contributed by atoms with Crippen molar-refractivity contribution in [1.82, 2.24) is 15.1 Å². The van der Waals surface area contributed by atoms with Crippen LogP contribution in [0.5, 0.6) is 0 Å². The zero-order valence-electron chi connectivity index (χ0n) is 26.5. The first-order valence-corrected chi connectivity index (χ1v) is 14.6. The fourth-order valence-corrected chi connectivity index (χ4v) is 5.67. The van der Waals surface area contributed by atoms with Crippen molar-refractivity contribution in [3.63, 3.8) is 0 Å². The van der Waals surface area contributed by atoms with Crippen molar-refractivity contribution < 1.29 is 9.13 Å². The molecule has 6 heteroatoms. The van der Waals surface area contributed by atoms with Gasteiger partial charge in [0, 0.05) is 55.6 Å². The van der Waals surface area contributed by atoms with Crippen molar-refractivity contribution in [2.24, 2.45) is 0 Å². The number of halogens is 1. The normalized spacial score (nSPS) is 16.6. The quantitative estimate of drug-likeness (QED) is 0.248. The maximum atomic E-state index is 15.7. The predicted octanol–water partition coefficient (Wildman–Crippen LogP) is 7.44. The monoisotopic (exact) mass is 564 g/mol. The third-order valence-electron chi connectivity index (χ3n) is 7.13. The van der Waals surface area contributed by atoms with E-state index >= 15 is 4.39 Å². The summed E-state index contributed by atoms with van der Waals surface area (Å²) in [6.07, 6.45) is 7.62. The average molecular weight is 565 g/mol. The van der Waals surface area contributed by atoms with Crippen molar-refractivity contribution in [2.75, 3.05) is 32.5 Å². The summed E-state index contributed by atoms with van der Waals surface area (Å²) in [4.78, 5) is 4.50. The third-order valence-corrected chi connectivity index (χ3v) is 7.13. The average Bonchev–Trinajstić information content (AvgIpc) is 2.88. The minimum absolute atomic E-state index is 0.139. The lowest BCUT2D eigenvalue weighted by molar-refractivity contribution is -0.182. The molecule has 1 aliphatic heterocycles. The van der Waals surface area contributed by atoms with Gasteiger partial charge in [0.25, 0.3) is 0 Å². The molecular formula is C35H53FN4O. The number of benzene rings is 2. The number of hydrogen-bond acceptors (Lipinski definition) is 5. The number of ether oxygens (including phenoxy) is 1. The Balaban J connectivity index is 0.00000187. The van der Waals surface area contributed by atoms with Gasteiger partial charge in [-0.3, -0.25) is 4.90 Å². The van der Waals surface area contributed by atoms with E-state index in [0.717, 1.165) is 37.2 Å². The Morgan fingerprint density at radius 2 is 1.63 bits per heavy atom. The molecule has 2 aromatic carbocycles. The van der Waals surface area contributed by atoms with Crippen LogP contribution in [0.4, 0.5) is 10.1 Å². The van der Waals surface area contributed by atoms with Crippen LogP contribution in [0.15, 0.2) is 74.5 Å². The van der Waals surface area contributed by atoms with Crippen LogP contribution in [-0.4, -0.2) is 54.2 Å². The molecule has 0 amide bonds. The SMILES string of the molecule is C=CCCC(C=C)N(C=C)Cc1c(C)cccc1NCc1cccc(CN2CC(C)(C)OC(C)(C)C2)c1F.CNC. The second-order valence-corrected chi connectivity index (χ2v) is 12.1. The second kappa shape index (κ2) is 15.9. The number of nitrogens with zero attached hydrogens (tertiary/aromatic N) is 2. The summed E-state index contributed by atoms with van der Waals surface area (Å²) in [5, 5.41) is 6.27. The van der Waals surface area contributed by atoms with Gasteiger partial charge in [0.15, 0.2) is 0 Å². The molecule has 1 aliphatic rings. The van der Waals surface area contributed by atoms with E-state index in [9.17, 15) is 0 Å². The molecule has 3 rings (SSSR count). The molecule has 0 bridgehead atoms. The summed E-state index contributed by atoms with van der Waals surface area (Å²) < 4.78 is 21.9. The Morgan fingerprint density at radius 3 is 2.22 bits per heavy atom. The number of aryl methyl sites for hydroxylation is 1. The molecular weight excluding hydrogens is 511 g/mol. The standard InChI is InChI=1S/C33H46FN3O.C2H7N/c1-9-12-18-28(10-2)37(11-3)22-29-25(4)15-13-19-30(29)35-20-26-16-14-17-27(31(26)34)21-36-23-32(5,6)38-33(7,8)24-36;1-3-2/h9-11,13-17,19,28,35H,1-3,12,18,20-24H2,4-8H3;3H,1-2H3. The minimum Gasteiger partial charge on any atom is -0.381 e. The third kappa shape index (κ3) is 10.4. The van der Waals surface area contributed by atoms with Gasteiger partial charge in [0.1, 0.15) is 5.82 Å². The summed E-state index contributed by atoms with van der Waals surface area (Å²) in [5.74, 6) is -0.139. The zero-order chi connectivity index (χ0) is 30.6. The highest BCUT2D eigenvalue weighted by Gasteiger charge is 2.38. The van der Waals surface area contributed by atoms with E-state index in [1.807, 2.05) is 56.7 Å². The van der Waals surface area contributed by atoms with Crippen molar-refractivity contribution in [3.05, 3.63) is 103 Å². The molecule has 2 aromatic rings. The Labute approximate surface area is 249 Å². The van der Waals surface area contributed by atoms with E-state index < -0.39 is 0 Å². The molecule has 1 fully saturated rings. The Hall–Kier alpha value is -2.93.